The predicted octanol–water partition coefficient (Wildman–Crippen LogP) is 6.08. The molecular weight excluding hydrogens is 628 g/mol. The first-order valence-corrected chi connectivity index (χ1v) is 16.3. The summed E-state index contributed by atoms with van der Waals surface area (Å²) in [5.41, 5.74) is 3.92. The van der Waals surface area contributed by atoms with Gasteiger partial charge < -0.3 is 18.6 Å². The van der Waals surface area contributed by atoms with Gasteiger partial charge in [0.05, 0.1) is 47.2 Å². The molecule has 1 aliphatic heterocycles. The molecule has 1 atom stereocenters. The molecule has 6 rings (SSSR count). The molecule has 3 heterocycles. The van der Waals surface area contributed by atoms with Gasteiger partial charge in [-0.25, -0.2) is 14.6 Å². The average molecular weight is 663 g/mol. The number of aryl methyl sites for hydroxylation is 1. The lowest BCUT2D eigenvalue weighted by Gasteiger charge is -2.26. The number of aromatic nitrogens is 1. The third-order valence-corrected chi connectivity index (χ3v) is 8.76. The molecule has 0 spiro atoms. The standard InChI is InChI=1S/C38H34N2O7S/c1-6-45-37(43)32-33(24-10-8-7-9-11-24)39-38-40(34(32)25-12-15-27(44-5)16-13-25)35(41)31(48-38)21-28-17-19-30(47-28)29-18-14-26(20-23(29)4)36(42)46-22(2)3/h7-22,34H,6H2,1-5H3/b31-21+/t34-/m0/s1. The summed E-state index contributed by atoms with van der Waals surface area (Å²) in [6.45, 7) is 7.41. The summed E-state index contributed by atoms with van der Waals surface area (Å²) < 4.78 is 24.3. The number of hydrogen-bond acceptors (Lipinski definition) is 9. The number of furan rings is 1. The molecule has 1 aliphatic rings. The van der Waals surface area contributed by atoms with Gasteiger partial charge in [-0.15, -0.1) is 0 Å². The zero-order valence-corrected chi connectivity index (χ0v) is 28.0. The van der Waals surface area contributed by atoms with Gasteiger partial charge in [0.2, 0.25) is 0 Å². The van der Waals surface area contributed by atoms with Crippen molar-refractivity contribution in [1.29, 1.82) is 0 Å². The highest BCUT2D eigenvalue weighted by atomic mass is 32.1. The summed E-state index contributed by atoms with van der Waals surface area (Å²) >= 11 is 1.21. The fourth-order valence-electron chi connectivity index (χ4n) is 5.60. The molecule has 0 amide bonds. The molecule has 0 saturated carbocycles. The van der Waals surface area contributed by atoms with Crippen LogP contribution in [-0.2, 0) is 14.3 Å². The fourth-order valence-corrected chi connectivity index (χ4v) is 6.58. The minimum atomic E-state index is -0.806. The summed E-state index contributed by atoms with van der Waals surface area (Å²) in [6.07, 6.45) is 1.46. The molecule has 244 valence electrons. The molecule has 5 aromatic rings. The van der Waals surface area contributed by atoms with E-state index in [0.717, 1.165) is 16.7 Å². The van der Waals surface area contributed by atoms with Crippen molar-refractivity contribution in [3.8, 4) is 17.1 Å². The van der Waals surface area contributed by atoms with Crippen LogP contribution in [0.25, 0.3) is 23.1 Å². The molecular formula is C38H34N2O7S. The number of rotatable bonds is 9. The number of ether oxygens (including phenoxy) is 3. The second-order valence-electron chi connectivity index (χ2n) is 11.4. The van der Waals surface area contributed by atoms with Gasteiger partial charge in [-0.2, -0.15) is 0 Å². The highest BCUT2D eigenvalue weighted by Gasteiger charge is 2.35. The third kappa shape index (κ3) is 6.39. The Morgan fingerprint density at radius 1 is 1.00 bits per heavy atom. The number of nitrogens with zero attached hydrogens (tertiary/aromatic N) is 2. The molecule has 0 radical (unpaired) electrons. The molecule has 48 heavy (non-hydrogen) atoms. The van der Waals surface area contributed by atoms with Crippen LogP contribution in [0, 0.1) is 6.92 Å². The van der Waals surface area contributed by atoms with Crippen molar-refractivity contribution >= 4 is 35.0 Å². The molecule has 0 aliphatic carbocycles. The van der Waals surface area contributed by atoms with E-state index in [9.17, 15) is 14.4 Å². The lowest BCUT2D eigenvalue weighted by atomic mass is 9.93. The van der Waals surface area contributed by atoms with Crippen molar-refractivity contribution in [1.82, 2.24) is 4.57 Å². The Morgan fingerprint density at radius 2 is 1.75 bits per heavy atom. The second-order valence-corrected chi connectivity index (χ2v) is 12.4. The Hall–Kier alpha value is -5.48. The number of benzene rings is 3. The summed E-state index contributed by atoms with van der Waals surface area (Å²) in [5.74, 6) is 0.758. The van der Waals surface area contributed by atoms with Crippen LogP contribution in [0.1, 0.15) is 59.6 Å². The van der Waals surface area contributed by atoms with E-state index in [4.69, 9.17) is 23.6 Å². The van der Waals surface area contributed by atoms with E-state index in [2.05, 4.69) is 0 Å². The van der Waals surface area contributed by atoms with Gasteiger partial charge in [0.25, 0.3) is 5.56 Å². The molecule has 0 bridgehead atoms. The van der Waals surface area contributed by atoms with Crippen LogP contribution in [0.5, 0.6) is 5.75 Å². The minimum absolute atomic E-state index is 0.162. The van der Waals surface area contributed by atoms with Crippen molar-refractivity contribution in [2.45, 2.75) is 39.8 Å². The summed E-state index contributed by atoms with van der Waals surface area (Å²) in [6, 6.07) is 24.8. The van der Waals surface area contributed by atoms with Crippen molar-refractivity contribution < 1.29 is 28.2 Å². The lowest BCUT2D eigenvalue weighted by Crippen LogP contribution is -2.40. The van der Waals surface area contributed by atoms with E-state index in [0.29, 0.717) is 43.4 Å². The normalized spacial score (nSPS) is 14.5. The number of hydrogen-bond donors (Lipinski definition) is 0. The summed E-state index contributed by atoms with van der Waals surface area (Å²) in [5, 5.41) is 0. The van der Waals surface area contributed by atoms with Crippen molar-refractivity contribution in [2.24, 2.45) is 4.99 Å². The highest BCUT2D eigenvalue weighted by molar-refractivity contribution is 7.07. The molecule has 0 fully saturated rings. The van der Waals surface area contributed by atoms with E-state index in [1.807, 2.05) is 61.5 Å². The Morgan fingerprint density at radius 3 is 2.42 bits per heavy atom. The number of esters is 2. The molecule has 0 unspecified atom stereocenters. The van der Waals surface area contributed by atoms with Crippen LogP contribution in [0.4, 0.5) is 0 Å². The van der Waals surface area contributed by atoms with Gasteiger partial charge in [-0.3, -0.25) is 9.36 Å². The van der Waals surface area contributed by atoms with Crippen molar-refractivity contribution in [3.05, 3.63) is 138 Å². The summed E-state index contributed by atoms with van der Waals surface area (Å²) in [7, 11) is 1.58. The van der Waals surface area contributed by atoms with E-state index < -0.39 is 12.0 Å². The number of fused-ring (bicyclic) bond motifs is 1. The van der Waals surface area contributed by atoms with E-state index in [-0.39, 0.29) is 29.8 Å². The first-order chi connectivity index (χ1) is 23.2. The quantitative estimate of drug-likeness (QED) is 0.176. The monoisotopic (exact) mass is 662 g/mol. The Balaban J connectivity index is 1.47. The third-order valence-electron chi connectivity index (χ3n) is 7.78. The number of thiazole rings is 1. The molecule has 2 aromatic heterocycles. The van der Waals surface area contributed by atoms with Crippen LogP contribution in [0.2, 0.25) is 0 Å². The average Bonchev–Trinajstić information content (AvgIpc) is 3.67. The predicted molar refractivity (Wildman–Crippen MR) is 183 cm³/mol. The van der Waals surface area contributed by atoms with Gasteiger partial charge >= 0.3 is 11.9 Å². The van der Waals surface area contributed by atoms with Crippen LogP contribution in [-0.4, -0.2) is 36.3 Å². The maximum atomic E-state index is 14.2. The van der Waals surface area contributed by atoms with Crippen LogP contribution in [0.3, 0.4) is 0 Å². The summed E-state index contributed by atoms with van der Waals surface area (Å²) in [4.78, 5) is 45.6. The van der Waals surface area contributed by atoms with Crippen LogP contribution in [0.15, 0.2) is 105 Å². The van der Waals surface area contributed by atoms with Gasteiger partial charge in [0, 0.05) is 17.2 Å². The molecule has 0 N–H and O–H groups in total. The maximum Gasteiger partial charge on any atom is 0.338 e. The van der Waals surface area contributed by atoms with E-state index in [1.54, 1.807) is 68.9 Å². The topological polar surface area (TPSA) is 109 Å². The van der Waals surface area contributed by atoms with Gasteiger partial charge in [-0.1, -0.05) is 59.9 Å². The zero-order chi connectivity index (χ0) is 33.9. The number of methoxy groups -OCH3 is 1. The Kier molecular flexibility index (Phi) is 9.27. The SMILES string of the molecule is CCOC(=O)C1=C(c2ccccc2)N=c2s/c(=C/c3ccc(-c4ccc(C(=O)OC(C)C)cc4C)o3)c(=O)n2[C@H]1c1ccc(OC)cc1. The lowest BCUT2D eigenvalue weighted by molar-refractivity contribution is -0.138. The molecule has 9 nitrogen and oxygen atoms in total. The number of carbonyl (C=O) groups is 2. The van der Waals surface area contributed by atoms with Gasteiger partial charge in [0.1, 0.15) is 17.3 Å². The molecule has 3 aromatic carbocycles. The largest absolute Gasteiger partial charge is 0.497 e. The first-order valence-electron chi connectivity index (χ1n) is 15.5. The van der Waals surface area contributed by atoms with Gasteiger partial charge in [-0.05, 0) is 75.2 Å². The Bertz CT molecular complexity index is 2210. The van der Waals surface area contributed by atoms with E-state index >= 15 is 0 Å². The smallest absolute Gasteiger partial charge is 0.338 e. The second kappa shape index (κ2) is 13.7. The van der Waals surface area contributed by atoms with Crippen molar-refractivity contribution in [2.75, 3.05) is 13.7 Å². The fraction of sp³-hybridized carbons (Fsp3) is 0.211. The zero-order valence-electron chi connectivity index (χ0n) is 27.2. The molecule has 10 heteroatoms. The number of carbonyl (C=O) groups excluding carboxylic acids is 2. The molecule has 0 saturated heterocycles. The van der Waals surface area contributed by atoms with Crippen LogP contribution < -0.4 is 19.6 Å². The minimum Gasteiger partial charge on any atom is -0.497 e. The van der Waals surface area contributed by atoms with Crippen molar-refractivity contribution in [3.63, 3.8) is 0 Å². The highest BCUT2D eigenvalue weighted by Crippen LogP contribution is 2.36. The maximum absolute atomic E-state index is 14.2. The Labute approximate surface area is 281 Å². The van der Waals surface area contributed by atoms with E-state index in [1.165, 1.54) is 11.3 Å². The van der Waals surface area contributed by atoms with Gasteiger partial charge in [0.15, 0.2) is 4.80 Å². The van der Waals surface area contributed by atoms with Crippen LogP contribution >= 0.6 is 11.3 Å². The first kappa shape index (κ1) is 32.5.